The summed E-state index contributed by atoms with van der Waals surface area (Å²) >= 11 is 0. The third kappa shape index (κ3) is 3.41. The van der Waals surface area contributed by atoms with Crippen molar-refractivity contribution in [1.29, 1.82) is 0 Å². The number of amides is 1. The fourth-order valence-corrected chi connectivity index (χ4v) is 1.67. The molecule has 1 heterocycles. The Morgan fingerprint density at radius 3 is 2.38 bits per heavy atom. The highest BCUT2D eigenvalue weighted by molar-refractivity contribution is 5.94. The predicted octanol–water partition coefficient (Wildman–Crippen LogP) is 0.958. The first-order valence-corrected chi connectivity index (χ1v) is 6.36. The summed E-state index contributed by atoms with van der Waals surface area (Å²) in [5.74, 6) is -2.70. The maximum atomic E-state index is 12.0. The molecule has 2 atom stereocenters. The van der Waals surface area contributed by atoms with E-state index in [1.807, 2.05) is 0 Å². The summed E-state index contributed by atoms with van der Waals surface area (Å²) in [6, 6.07) is 6.90. The van der Waals surface area contributed by atoms with Gasteiger partial charge in [0, 0.05) is 11.6 Å². The molecule has 0 fully saturated rings. The van der Waals surface area contributed by atoms with Crippen LogP contribution in [0.2, 0.25) is 0 Å². The van der Waals surface area contributed by atoms with Gasteiger partial charge in [-0.15, -0.1) is 5.10 Å². The summed E-state index contributed by atoms with van der Waals surface area (Å²) in [4.78, 5) is 22.8. The Balaban J connectivity index is 2.03. The average molecular weight is 289 g/mol. The van der Waals surface area contributed by atoms with Crippen molar-refractivity contribution < 1.29 is 14.7 Å². The van der Waals surface area contributed by atoms with Gasteiger partial charge in [0.05, 0.1) is 11.6 Å². The molecule has 2 N–H and O–H groups in total. The number of hydrogen-bond acceptors (Lipinski definition) is 5. The Hall–Kier alpha value is -2.77. The van der Waals surface area contributed by atoms with Crippen LogP contribution in [-0.4, -0.2) is 37.2 Å². The van der Waals surface area contributed by atoms with Crippen LogP contribution in [0.25, 0.3) is 5.69 Å². The van der Waals surface area contributed by atoms with Gasteiger partial charge in [-0.25, -0.2) is 4.68 Å². The molecule has 0 radical (unpaired) electrons. The molecule has 1 aromatic heterocycles. The van der Waals surface area contributed by atoms with Crippen LogP contribution < -0.4 is 5.32 Å². The topological polar surface area (TPSA) is 110 Å². The first kappa shape index (κ1) is 14.6. The number of carbonyl (C=O) groups excluding carboxylic acids is 1. The Kier molecular flexibility index (Phi) is 4.27. The van der Waals surface area contributed by atoms with E-state index in [0.29, 0.717) is 5.69 Å². The number of rotatable bonds is 5. The smallest absolute Gasteiger partial charge is 0.307 e. The molecule has 110 valence electrons. The van der Waals surface area contributed by atoms with E-state index in [0.717, 1.165) is 5.69 Å². The van der Waals surface area contributed by atoms with Crippen molar-refractivity contribution in [3.05, 3.63) is 30.6 Å². The van der Waals surface area contributed by atoms with E-state index >= 15 is 0 Å². The molecule has 1 aromatic carbocycles. The van der Waals surface area contributed by atoms with Gasteiger partial charge in [-0.3, -0.25) is 9.59 Å². The normalized spacial score (nSPS) is 13.4. The number of aromatic nitrogens is 4. The van der Waals surface area contributed by atoms with Gasteiger partial charge in [-0.05, 0) is 34.7 Å². The van der Waals surface area contributed by atoms with Crippen LogP contribution in [0.1, 0.15) is 13.8 Å². The van der Waals surface area contributed by atoms with Gasteiger partial charge in [-0.2, -0.15) is 0 Å². The van der Waals surface area contributed by atoms with Crippen molar-refractivity contribution in [2.75, 3.05) is 5.32 Å². The number of carboxylic acids is 1. The summed E-state index contributed by atoms with van der Waals surface area (Å²) in [6.07, 6.45) is 1.46. The fraction of sp³-hybridized carbons (Fsp3) is 0.308. The first-order chi connectivity index (χ1) is 9.99. The molecular weight excluding hydrogens is 274 g/mol. The van der Waals surface area contributed by atoms with E-state index in [-0.39, 0.29) is 5.91 Å². The Morgan fingerprint density at radius 1 is 1.19 bits per heavy atom. The molecule has 0 spiro atoms. The largest absolute Gasteiger partial charge is 0.481 e. The number of tetrazole rings is 1. The van der Waals surface area contributed by atoms with Crippen molar-refractivity contribution in [1.82, 2.24) is 20.2 Å². The minimum absolute atomic E-state index is 0.333. The lowest BCUT2D eigenvalue weighted by atomic mass is 9.95. The predicted molar refractivity (Wildman–Crippen MR) is 73.7 cm³/mol. The second-order valence-electron chi connectivity index (χ2n) is 4.71. The molecule has 21 heavy (non-hydrogen) atoms. The fourth-order valence-electron chi connectivity index (χ4n) is 1.67. The van der Waals surface area contributed by atoms with Crippen molar-refractivity contribution in [2.45, 2.75) is 13.8 Å². The molecule has 0 aliphatic carbocycles. The zero-order valence-electron chi connectivity index (χ0n) is 11.6. The Labute approximate surface area is 120 Å². The van der Waals surface area contributed by atoms with E-state index in [1.165, 1.54) is 17.9 Å². The molecule has 0 saturated heterocycles. The molecule has 1 amide bonds. The average Bonchev–Trinajstić information content (AvgIpc) is 3.00. The summed E-state index contributed by atoms with van der Waals surface area (Å²) < 4.78 is 1.49. The van der Waals surface area contributed by atoms with E-state index in [9.17, 15) is 9.59 Å². The Bertz CT molecular complexity index is 624. The first-order valence-electron chi connectivity index (χ1n) is 6.36. The zero-order valence-corrected chi connectivity index (χ0v) is 11.6. The minimum atomic E-state index is -0.994. The molecule has 0 aliphatic rings. The lowest BCUT2D eigenvalue weighted by Crippen LogP contribution is -2.29. The van der Waals surface area contributed by atoms with Gasteiger partial charge in [0.1, 0.15) is 6.33 Å². The summed E-state index contributed by atoms with van der Waals surface area (Å²) in [5, 5.41) is 22.4. The molecular formula is C13H15N5O3. The van der Waals surface area contributed by atoms with Gasteiger partial charge >= 0.3 is 5.97 Å². The summed E-state index contributed by atoms with van der Waals surface area (Å²) in [7, 11) is 0. The van der Waals surface area contributed by atoms with Gasteiger partial charge in [0.2, 0.25) is 5.91 Å². The highest BCUT2D eigenvalue weighted by atomic mass is 16.4. The number of benzene rings is 1. The van der Waals surface area contributed by atoms with Crippen LogP contribution in [0, 0.1) is 11.8 Å². The maximum absolute atomic E-state index is 12.0. The molecule has 8 heteroatoms. The zero-order chi connectivity index (χ0) is 15.4. The highest BCUT2D eigenvalue weighted by Crippen LogP contribution is 2.16. The number of carboxylic acid groups (broad SMARTS) is 1. The van der Waals surface area contributed by atoms with Crippen molar-refractivity contribution >= 4 is 17.6 Å². The lowest BCUT2D eigenvalue weighted by Gasteiger charge is -2.15. The standard InChI is InChI=1S/C13H15N5O3/c1-8(9(2)13(20)21)12(19)15-10-3-5-11(6-4-10)18-7-14-16-17-18/h3-9H,1-2H3,(H,15,19)(H,20,21). The van der Waals surface area contributed by atoms with Crippen LogP contribution in [0.5, 0.6) is 0 Å². The minimum Gasteiger partial charge on any atom is -0.481 e. The SMILES string of the molecule is CC(C(=O)O)C(C)C(=O)Nc1ccc(-n2cnnn2)cc1. The van der Waals surface area contributed by atoms with Crippen LogP contribution in [0.3, 0.4) is 0 Å². The third-order valence-corrected chi connectivity index (χ3v) is 3.30. The summed E-state index contributed by atoms with van der Waals surface area (Å²) in [6.45, 7) is 3.09. The highest BCUT2D eigenvalue weighted by Gasteiger charge is 2.25. The molecule has 8 nitrogen and oxygen atoms in total. The summed E-state index contributed by atoms with van der Waals surface area (Å²) in [5.41, 5.74) is 1.34. The van der Waals surface area contributed by atoms with E-state index in [4.69, 9.17) is 5.11 Å². The van der Waals surface area contributed by atoms with Crippen LogP contribution in [0.15, 0.2) is 30.6 Å². The third-order valence-electron chi connectivity index (χ3n) is 3.30. The molecule has 0 bridgehead atoms. The molecule has 2 rings (SSSR count). The van der Waals surface area contributed by atoms with Gasteiger partial charge < -0.3 is 10.4 Å². The van der Waals surface area contributed by atoms with Gasteiger partial charge in [-0.1, -0.05) is 13.8 Å². The van der Waals surface area contributed by atoms with Crippen LogP contribution in [0.4, 0.5) is 5.69 Å². The number of nitrogens with one attached hydrogen (secondary N) is 1. The number of carbonyl (C=O) groups is 2. The Morgan fingerprint density at radius 2 is 1.86 bits per heavy atom. The maximum Gasteiger partial charge on any atom is 0.307 e. The number of hydrogen-bond donors (Lipinski definition) is 2. The molecule has 0 saturated carbocycles. The van der Waals surface area contributed by atoms with Crippen LogP contribution >= 0.6 is 0 Å². The van der Waals surface area contributed by atoms with Crippen LogP contribution in [-0.2, 0) is 9.59 Å². The van der Waals surface area contributed by atoms with Crippen molar-refractivity contribution in [3.8, 4) is 5.69 Å². The molecule has 0 aliphatic heterocycles. The molecule has 2 aromatic rings. The second kappa shape index (κ2) is 6.12. The molecule has 2 unspecified atom stereocenters. The van der Waals surface area contributed by atoms with Gasteiger partial charge in [0.25, 0.3) is 0 Å². The monoisotopic (exact) mass is 289 g/mol. The second-order valence-corrected chi connectivity index (χ2v) is 4.71. The van der Waals surface area contributed by atoms with E-state index < -0.39 is 17.8 Å². The van der Waals surface area contributed by atoms with Crippen molar-refractivity contribution in [2.24, 2.45) is 11.8 Å². The van der Waals surface area contributed by atoms with E-state index in [2.05, 4.69) is 20.8 Å². The number of nitrogens with zero attached hydrogens (tertiary/aromatic N) is 4. The van der Waals surface area contributed by atoms with Gasteiger partial charge in [0.15, 0.2) is 0 Å². The lowest BCUT2D eigenvalue weighted by molar-refractivity contribution is -0.145. The quantitative estimate of drug-likeness (QED) is 0.848. The number of aliphatic carboxylic acids is 1. The van der Waals surface area contributed by atoms with Crippen molar-refractivity contribution in [3.63, 3.8) is 0 Å². The number of anilines is 1. The van der Waals surface area contributed by atoms with E-state index in [1.54, 1.807) is 31.2 Å².